The average molecular weight is 420 g/mol. The number of nitrogens with zero attached hydrogens (tertiary/aromatic N) is 1. The summed E-state index contributed by atoms with van der Waals surface area (Å²) in [6.45, 7) is 4.47. The largest absolute Gasteiger partial charge is 0.379 e. The molecular weight excluding hydrogens is 393 g/mol. The monoisotopic (exact) mass is 419 g/mol. The fourth-order valence-electron chi connectivity index (χ4n) is 3.23. The van der Waals surface area contributed by atoms with Gasteiger partial charge < -0.3 is 9.08 Å². The van der Waals surface area contributed by atoms with Crippen molar-refractivity contribution in [1.82, 2.24) is 4.90 Å². The highest BCUT2D eigenvalue weighted by atomic mass is 32.2. The minimum Gasteiger partial charge on any atom is -0.379 e. The van der Waals surface area contributed by atoms with Gasteiger partial charge >= 0.3 is 10.1 Å². The van der Waals surface area contributed by atoms with Gasteiger partial charge in [0.25, 0.3) is 0 Å². The number of amides is 1. The maximum atomic E-state index is 13.1. The first kappa shape index (κ1) is 21.3. The molecule has 1 aliphatic carbocycles. The van der Waals surface area contributed by atoms with E-state index in [2.05, 4.69) is 0 Å². The SMILES string of the molecule is CCC(C)N(Cc1cccc(OS(=O)(=O)c2ccc(F)cc2)c1)C(=O)C1CCC1. The molecule has 1 fully saturated rings. The van der Waals surface area contributed by atoms with Gasteiger partial charge in [-0.2, -0.15) is 8.42 Å². The molecule has 0 spiro atoms. The highest BCUT2D eigenvalue weighted by Crippen LogP contribution is 2.30. The molecule has 29 heavy (non-hydrogen) atoms. The Kier molecular flexibility index (Phi) is 6.57. The molecule has 5 nitrogen and oxygen atoms in total. The minimum absolute atomic E-state index is 0.0932. The number of halogens is 1. The highest BCUT2D eigenvalue weighted by Gasteiger charge is 2.31. The third kappa shape index (κ3) is 5.15. The van der Waals surface area contributed by atoms with Gasteiger partial charge in [-0.1, -0.05) is 25.5 Å². The van der Waals surface area contributed by atoms with E-state index in [-0.39, 0.29) is 28.5 Å². The Balaban J connectivity index is 1.77. The Labute approximate surface area is 171 Å². The third-order valence-electron chi connectivity index (χ3n) is 5.42. The normalized spacial score (nSPS) is 15.4. The molecule has 1 aliphatic rings. The number of benzene rings is 2. The lowest BCUT2D eigenvalue weighted by Crippen LogP contribution is -2.43. The number of carbonyl (C=O) groups is 1. The lowest BCUT2D eigenvalue weighted by atomic mass is 9.84. The van der Waals surface area contributed by atoms with Gasteiger partial charge in [-0.25, -0.2) is 4.39 Å². The van der Waals surface area contributed by atoms with Crippen LogP contribution in [0.1, 0.15) is 45.1 Å². The van der Waals surface area contributed by atoms with Crippen molar-refractivity contribution in [3.8, 4) is 5.75 Å². The molecule has 2 aromatic rings. The van der Waals surface area contributed by atoms with E-state index in [4.69, 9.17) is 4.18 Å². The third-order valence-corrected chi connectivity index (χ3v) is 6.68. The quantitative estimate of drug-likeness (QED) is 0.590. The van der Waals surface area contributed by atoms with E-state index in [1.807, 2.05) is 24.8 Å². The molecule has 1 unspecified atom stereocenters. The van der Waals surface area contributed by atoms with Crippen molar-refractivity contribution in [3.63, 3.8) is 0 Å². The van der Waals surface area contributed by atoms with Crippen molar-refractivity contribution in [1.29, 1.82) is 0 Å². The van der Waals surface area contributed by atoms with E-state index in [1.54, 1.807) is 18.2 Å². The van der Waals surface area contributed by atoms with Crippen LogP contribution in [-0.4, -0.2) is 25.3 Å². The van der Waals surface area contributed by atoms with Gasteiger partial charge in [0, 0.05) is 18.5 Å². The van der Waals surface area contributed by atoms with Gasteiger partial charge in [-0.05, 0) is 68.1 Å². The Morgan fingerprint density at radius 2 is 1.90 bits per heavy atom. The first-order valence-electron chi connectivity index (χ1n) is 9.89. The zero-order valence-electron chi connectivity index (χ0n) is 16.7. The first-order chi connectivity index (χ1) is 13.8. The van der Waals surface area contributed by atoms with Crippen molar-refractivity contribution in [2.24, 2.45) is 5.92 Å². The van der Waals surface area contributed by atoms with E-state index >= 15 is 0 Å². The molecule has 2 aromatic carbocycles. The molecule has 0 bridgehead atoms. The van der Waals surface area contributed by atoms with E-state index < -0.39 is 15.9 Å². The zero-order chi connectivity index (χ0) is 21.0. The number of hydrogen-bond acceptors (Lipinski definition) is 4. The summed E-state index contributed by atoms with van der Waals surface area (Å²) in [5.74, 6) is -0.0997. The van der Waals surface area contributed by atoms with Crippen LogP contribution >= 0.6 is 0 Å². The van der Waals surface area contributed by atoms with E-state index in [0.717, 1.165) is 55.5 Å². The Hall–Kier alpha value is -2.41. The molecule has 1 saturated carbocycles. The van der Waals surface area contributed by atoms with Crippen molar-refractivity contribution in [2.75, 3.05) is 0 Å². The van der Waals surface area contributed by atoms with Gasteiger partial charge in [-0.3, -0.25) is 4.79 Å². The molecule has 0 radical (unpaired) electrons. The fraction of sp³-hybridized carbons (Fsp3) is 0.409. The fourth-order valence-corrected chi connectivity index (χ4v) is 4.15. The summed E-state index contributed by atoms with van der Waals surface area (Å²) in [7, 11) is -4.07. The Morgan fingerprint density at radius 3 is 2.48 bits per heavy atom. The van der Waals surface area contributed by atoms with Crippen LogP contribution in [0.25, 0.3) is 0 Å². The lowest BCUT2D eigenvalue weighted by molar-refractivity contribution is -0.141. The summed E-state index contributed by atoms with van der Waals surface area (Å²) in [6.07, 6.45) is 3.80. The molecule has 0 N–H and O–H groups in total. The molecule has 0 heterocycles. The Bertz CT molecular complexity index is 955. The maximum absolute atomic E-state index is 13.1. The molecule has 0 aliphatic heterocycles. The second-order valence-corrected chi connectivity index (χ2v) is 9.04. The highest BCUT2D eigenvalue weighted by molar-refractivity contribution is 7.87. The molecule has 3 rings (SSSR count). The topological polar surface area (TPSA) is 63.7 Å². The van der Waals surface area contributed by atoms with E-state index in [9.17, 15) is 17.6 Å². The van der Waals surface area contributed by atoms with Crippen LogP contribution in [0.2, 0.25) is 0 Å². The molecule has 1 amide bonds. The van der Waals surface area contributed by atoms with Gasteiger partial charge in [0.15, 0.2) is 0 Å². The number of hydrogen-bond donors (Lipinski definition) is 0. The van der Waals surface area contributed by atoms with Crippen LogP contribution in [0.4, 0.5) is 4.39 Å². The minimum atomic E-state index is -4.07. The molecular formula is C22H26FNO4S. The number of rotatable bonds is 8. The summed E-state index contributed by atoms with van der Waals surface area (Å²) < 4.78 is 43.1. The maximum Gasteiger partial charge on any atom is 0.339 e. The van der Waals surface area contributed by atoms with Crippen molar-refractivity contribution in [3.05, 3.63) is 59.9 Å². The molecule has 1 atom stereocenters. The van der Waals surface area contributed by atoms with Gasteiger partial charge in [0.05, 0.1) is 0 Å². The van der Waals surface area contributed by atoms with Crippen LogP contribution in [0.5, 0.6) is 5.75 Å². The van der Waals surface area contributed by atoms with Crippen molar-refractivity contribution < 1.29 is 21.8 Å². The molecule has 0 saturated heterocycles. The second-order valence-electron chi connectivity index (χ2n) is 7.49. The standard InChI is InChI=1S/C22H26FNO4S/c1-3-16(2)24(22(25)18-7-5-8-18)15-17-6-4-9-20(14-17)28-29(26,27)21-12-10-19(23)11-13-21/h4,6,9-14,16,18H,3,5,7-8,15H2,1-2H3. The van der Waals surface area contributed by atoms with E-state index in [0.29, 0.717) is 6.54 Å². The van der Waals surface area contributed by atoms with Gasteiger partial charge in [0.2, 0.25) is 5.91 Å². The smallest absolute Gasteiger partial charge is 0.339 e. The van der Waals surface area contributed by atoms with Crippen LogP contribution in [-0.2, 0) is 21.5 Å². The summed E-state index contributed by atoms with van der Waals surface area (Å²) >= 11 is 0. The van der Waals surface area contributed by atoms with Crippen molar-refractivity contribution in [2.45, 2.75) is 57.0 Å². The zero-order valence-corrected chi connectivity index (χ0v) is 17.5. The number of carbonyl (C=O) groups excluding carboxylic acids is 1. The van der Waals surface area contributed by atoms with Gasteiger partial charge in [0.1, 0.15) is 16.5 Å². The summed E-state index contributed by atoms with van der Waals surface area (Å²) in [5.41, 5.74) is 0.796. The van der Waals surface area contributed by atoms with Crippen molar-refractivity contribution >= 4 is 16.0 Å². The summed E-state index contributed by atoms with van der Waals surface area (Å²) in [6, 6.07) is 11.3. The molecule has 0 aromatic heterocycles. The summed E-state index contributed by atoms with van der Waals surface area (Å²) in [5, 5.41) is 0. The predicted octanol–water partition coefficient (Wildman–Crippen LogP) is 4.52. The van der Waals surface area contributed by atoms with Crippen LogP contribution < -0.4 is 4.18 Å². The van der Waals surface area contributed by atoms with E-state index in [1.165, 1.54) is 0 Å². The second kappa shape index (κ2) is 8.95. The molecule has 7 heteroatoms. The Morgan fingerprint density at radius 1 is 1.21 bits per heavy atom. The molecule has 156 valence electrons. The van der Waals surface area contributed by atoms with Crippen LogP contribution in [0.15, 0.2) is 53.4 Å². The predicted molar refractivity (Wildman–Crippen MR) is 108 cm³/mol. The summed E-state index contributed by atoms with van der Waals surface area (Å²) in [4.78, 5) is 14.6. The van der Waals surface area contributed by atoms with Crippen LogP contribution in [0.3, 0.4) is 0 Å². The van der Waals surface area contributed by atoms with Crippen LogP contribution in [0, 0.1) is 11.7 Å². The lowest BCUT2D eigenvalue weighted by Gasteiger charge is -2.35. The average Bonchev–Trinajstić information content (AvgIpc) is 2.64. The van der Waals surface area contributed by atoms with Gasteiger partial charge in [-0.15, -0.1) is 0 Å². The first-order valence-corrected chi connectivity index (χ1v) is 11.3.